The van der Waals surface area contributed by atoms with E-state index in [4.69, 9.17) is 28.7 Å². The molecule has 31 nitrogen and oxygen atoms in total. The van der Waals surface area contributed by atoms with E-state index in [2.05, 4.69) is 57.2 Å². The Hall–Kier alpha value is -8.45. The number of aliphatic carboxylic acids is 1. The zero-order chi connectivity index (χ0) is 61.2. The van der Waals surface area contributed by atoms with Crippen LogP contribution in [0.25, 0.3) is 0 Å². The molecule has 1 fully saturated rings. The van der Waals surface area contributed by atoms with E-state index in [9.17, 15) is 63.3 Å². The quantitative estimate of drug-likeness (QED) is 0.0172. The lowest BCUT2D eigenvalue weighted by molar-refractivity contribution is -0.147. The number of carbonyl (C=O) groups excluding carboxylic acids is 9. The number of carboxylic acid groups (broad SMARTS) is 1. The number of benzene rings is 1. The van der Waals surface area contributed by atoms with Crippen LogP contribution in [-0.4, -0.2) is 206 Å². The van der Waals surface area contributed by atoms with E-state index in [-0.39, 0.29) is 63.3 Å². The van der Waals surface area contributed by atoms with Crippen LogP contribution in [0.2, 0.25) is 0 Å². The number of H-pyrrole nitrogens is 1. The van der Waals surface area contributed by atoms with E-state index in [0.29, 0.717) is 36.9 Å². The third kappa shape index (κ3) is 23.7. The minimum Gasteiger partial charge on any atom is -0.480 e. The van der Waals surface area contributed by atoms with Gasteiger partial charge in [0, 0.05) is 50.4 Å². The Bertz CT molecular complexity index is 2520. The lowest BCUT2D eigenvalue weighted by atomic mass is 9.97. The fraction of sp³-hybridized carbons (Fsp3) is 0.588. The number of nitrogens with one attached hydrogen (secondary N) is 8. The Morgan fingerprint density at radius 2 is 1.28 bits per heavy atom. The number of aliphatic imine (C=N–C) groups is 2. The molecule has 1 aromatic carbocycles. The summed E-state index contributed by atoms with van der Waals surface area (Å²) < 4.78 is 0. The van der Waals surface area contributed by atoms with E-state index >= 15 is 0 Å². The molecule has 1 saturated carbocycles. The maximum Gasteiger partial charge on any atom is 0.323 e. The second-order valence-electron chi connectivity index (χ2n) is 20.0. The lowest BCUT2D eigenvalue weighted by Gasteiger charge is -2.31. The molecule has 0 spiro atoms. The van der Waals surface area contributed by atoms with Crippen molar-refractivity contribution in [3.8, 4) is 0 Å². The summed E-state index contributed by atoms with van der Waals surface area (Å²) >= 11 is 0. The van der Waals surface area contributed by atoms with Crippen molar-refractivity contribution < 1.29 is 63.3 Å². The average molecular weight is 1160 g/mol. The number of aliphatic hydroxyl groups excluding tert-OH is 2. The third-order valence-electron chi connectivity index (χ3n) is 13.1. The first-order valence-corrected chi connectivity index (χ1v) is 26.8. The summed E-state index contributed by atoms with van der Waals surface area (Å²) in [6.45, 7) is 5.29. The number of carboxylic acids is 1. The predicted octanol–water partition coefficient (Wildman–Crippen LogP) is -6.00. The molecule has 82 heavy (non-hydrogen) atoms. The number of aromatic nitrogens is 2. The summed E-state index contributed by atoms with van der Waals surface area (Å²) in [6, 6.07) is -1.68. The Labute approximate surface area is 474 Å². The minimum absolute atomic E-state index is 0.0316. The molecule has 3 rings (SSSR count). The molecular weight excluding hydrogens is 1070 g/mol. The van der Waals surface area contributed by atoms with Crippen LogP contribution >= 0.6 is 0 Å². The molecule has 31 heteroatoms. The number of rotatable bonds is 36. The monoisotopic (exact) mass is 1150 g/mol. The van der Waals surface area contributed by atoms with Gasteiger partial charge in [0.05, 0.1) is 37.7 Å². The first-order valence-electron chi connectivity index (χ1n) is 26.8. The third-order valence-corrected chi connectivity index (χ3v) is 13.1. The number of hydrogen-bond donors (Lipinski definition) is 16. The summed E-state index contributed by atoms with van der Waals surface area (Å²) in [7, 11) is 0. The maximum absolute atomic E-state index is 14.2. The highest BCUT2D eigenvalue weighted by atomic mass is 16.4. The first-order chi connectivity index (χ1) is 38.7. The van der Waals surface area contributed by atoms with Gasteiger partial charge < -0.3 is 96.0 Å². The largest absolute Gasteiger partial charge is 0.480 e. The van der Waals surface area contributed by atoms with Gasteiger partial charge in [0.25, 0.3) is 0 Å². The van der Waals surface area contributed by atoms with Gasteiger partial charge in [-0.1, -0.05) is 50.6 Å². The Morgan fingerprint density at radius 1 is 0.707 bits per heavy atom. The van der Waals surface area contributed by atoms with E-state index in [1.807, 2.05) is 0 Å². The number of carbonyl (C=O) groups is 10. The number of amides is 9. The molecule has 1 heterocycles. The number of hydrogen-bond acceptors (Lipinski definition) is 16. The zero-order valence-electron chi connectivity index (χ0n) is 46.8. The lowest BCUT2D eigenvalue weighted by Crippen LogP contribution is -2.62. The summed E-state index contributed by atoms with van der Waals surface area (Å²) in [5, 5.41) is 48.5. The summed E-state index contributed by atoms with van der Waals surface area (Å²) in [4.78, 5) is 152. The van der Waals surface area contributed by atoms with Crippen molar-refractivity contribution in [2.75, 3.05) is 39.3 Å². The number of aromatic amines is 1. The second kappa shape index (κ2) is 34.0. The van der Waals surface area contributed by atoms with Crippen molar-refractivity contribution in [1.82, 2.24) is 57.0 Å². The first kappa shape index (κ1) is 67.8. The van der Waals surface area contributed by atoms with Gasteiger partial charge in [-0.2, -0.15) is 0 Å². The molecule has 0 radical (unpaired) electrons. The molecule has 0 saturated heterocycles. The normalized spacial score (nSPS) is 15.5. The van der Waals surface area contributed by atoms with Crippen molar-refractivity contribution >= 4 is 71.1 Å². The van der Waals surface area contributed by atoms with Gasteiger partial charge in [-0.05, 0) is 64.4 Å². The van der Waals surface area contributed by atoms with Crippen LogP contribution in [0.15, 0.2) is 52.8 Å². The summed E-state index contributed by atoms with van der Waals surface area (Å²) in [5.74, 6) is -9.86. The van der Waals surface area contributed by atoms with Crippen LogP contribution in [0, 0.1) is 5.92 Å². The van der Waals surface area contributed by atoms with Crippen LogP contribution in [0.5, 0.6) is 0 Å². The minimum atomic E-state index is -1.85. The van der Waals surface area contributed by atoms with Crippen molar-refractivity contribution in [2.24, 2.45) is 44.6 Å². The molecule has 21 N–H and O–H groups in total. The van der Waals surface area contributed by atoms with Gasteiger partial charge in [-0.25, -0.2) is 4.98 Å². The Kier molecular flexibility index (Phi) is 28.1. The summed E-state index contributed by atoms with van der Waals surface area (Å²) in [6.07, 6.45) is 1.30. The SMILES string of the molecule is CCC(C)[C@H](NC(=O)CN(CCCN=C(N)N)C(=O)CNC(=O)[C@@H](NC(=O)[C@@H](NC(=O)[C@H](Cc1cnc[nH]1)NC(=O)[C@@H](Cc1ccccc1)NC(=O)[C@H](C)NC(=O)[C@@H](N)CCCN=C(N)N)[C@@H](C)O)[C@@H](C)O)C(=O)N(CC(=O)O)C1CC1. The fourth-order valence-corrected chi connectivity index (χ4v) is 8.12. The van der Waals surface area contributed by atoms with E-state index < -0.39 is 139 Å². The maximum atomic E-state index is 14.2. The van der Waals surface area contributed by atoms with Crippen molar-refractivity contribution in [1.29, 1.82) is 0 Å². The molecule has 0 aliphatic heterocycles. The van der Waals surface area contributed by atoms with Gasteiger partial charge in [0.2, 0.25) is 53.2 Å². The standard InChI is InChI=1S/C51H82N18O13/c1-6-27(2)40(49(82)69(25-39(74)75)33-15-16-33)65-37(72)24-68(19-11-18-59-51(55)56)38(73)23-60-47(80)41(29(4)70)67-48(81)42(30(5)71)66-46(79)36(21-32-22-57-26-61-32)64-45(78)35(20-31-12-8-7-9-13-31)63-43(76)28(3)62-44(77)34(52)14-10-17-58-50(53)54/h7-9,12-13,22,26-30,33-36,40-42,70-71H,6,10-11,14-21,23-25,52H2,1-5H3,(H,57,61)(H,60,80)(H,62,77)(H,63,76)(H,64,78)(H,65,72)(H,66,79)(H,67,81)(H,74,75)(H4,53,54,58)(H4,55,56,59)/t27?,28-,29+,30+,34-,35+,36-,40-,41-,42-/m0/s1. The van der Waals surface area contributed by atoms with Crippen molar-refractivity contribution in [3.05, 3.63) is 54.1 Å². The molecule has 1 unspecified atom stereocenters. The molecule has 9 amide bonds. The Balaban J connectivity index is 1.79. The van der Waals surface area contributed by atoms with Crippen LogP contribution in [0.1, 0.15) is 84.4 Å². The van der Waals surface area contributed by atoms with Gasteiger partial charge in [0.1, 0.15) is 42.8 Å². The van der Waals surface area contributed by atoms with Gasteiger partial charge in [-0.15, -0.1) is 0 Å². The molecule has 1 aromatic heterocycles. The predicted molar refractivity (Wildman–Crippen MR) is 298 cm³/mol. The molecule has 1 aliphatic rings. The van der Waals surface area contributed by atoms with Crippen molar-refractivity contribution in [2.45, 2.75) is 147 Å². The van der Waals surface area contributed by atoms with Crippen LogP contribution in [-0.2, 0) is 60.8 Å². The number of nitrogens with two attached hydrogens (primary N) is 5. The zero-order valence-corrected chi connectivity index (χ0v) is 46.8. The number of imidazole rings is 1. The van der Waals surface area contributed by atoms with Crippen LogP contribution in [0.3, 0.4) is 0 Å². The molecule has 10 atom stereocenters. The molecule has 2 aromatic rings. The molecular formula is C51H82N18O13. The fourth-order valence-electron chi connectivity index (χ4n) is 8.12. The van der Waals surface area contributed by atoms with Crippen molar-refractivity contribution in [3.63, 3.8) is 0 Å². The van der Waals surface area contributed by atoms with Crippen LogP contribution in [0.4, 0.5) is 0 Å². The highest BCUT2D eigenvalue weighted by molar-refractivity contribution is 5.98. The number of aliphatic hydroxyl groups is 2. The van der Waals surface area contributed by atoms with Gasteiger partial charge in [-0.3, -0.25) is 57.9 Å². The van der Waals surface area contributed by atoms with E-state index in [0.717, 1.165) is 18.7 Å². The highest BCUT2D eigenvalue weighted by Gasteiger charge is 2.40. The smallest absolute Gasteiger partial charge is 0.323 e. The summed E-state index contributed by atoms with van der Waals surface area (Å²) in [5.41, 5.74) is 28.5. The van der Waals surface area contributed by atoms with Gasteiger partial charge in [0.15, 0.2) is 11.9 Å². The number of nitrogens with zero attached hydrogens (tertiary/aromatic N) is 5. The Morgan fingerprint density at radius 3 is 1.84 bits per heavy atom. The van der Waals surface area contributed by atoms with Gasteiger partial charge >= 0.3 is 5.97 Å². The number of guanidine groups is 2. The van der Waals surface area contributed by atoms with Crippen LogP contribution < -0.4 is 65.9 Å². The second-order valence-corrected chi connectivity index (χ2v) is 20.0. The highest BCUT2D eigenvalue weighted by Crippen LogP contribution is 2.28. The van der Waals surface area contributed by atoms with E-state index in [1.165, 1.54) is 24.3 Å². The topological polar surface area (TPSA) is 506 Å². The van der Waals surface area contributed by atoms with E-state index in [1.54, 1.807) is 44.2 Å². The average Bonchev–Trinajstić information content (AvgIpc) is 4.14. The molecule has 454 valence electrons. The molecule has 1 aliphatic carbocycles. The molecule has 0 bridgehead atoms.